The highest BCUT2D eigenvalue weighted by Crippen LogP contribution is 2.20. The van der Waals surface area contributed by atoms with Crippen molar-refractivity contribution in [1.29, 1.82) is 0 Å². The van der Waals surface area contributed by atoms with E-state index in [9.17, 15) is 24.3 Å². The summed E-state index contributed by atoms with van der Waals surface area (Å²) in [5, 5.41) is 20.9. The minimum atomic E-state index is -1.31. The summed E-state index contributed by atoms with van der Waals surface area (Å²) in [6.07, 6.45) is 4.96. The number of hydrogen-bond donors (Lipinski definition) is 3. The fourth-order valence-electron chi connectivity index (χ4n) is 3.69. The molecule has 1 heterocycles. The molecule has 0 aliphatic heterocycles. The van der Waals surface area contributed by atoms with Gasteiger partial charge in [-0.1, -0.05) is 12.0 Å². The SMILES string of the molecule is C#CCN(Cc1ccc2nc(C)n(C)c(=O)c2c1)c1ccc(C(=O)NC(CCC(=O)O)C(=O)O)cc1. The van der Waals surface area contributed by atoms with E-state index < -0.39 is 23.9 Å². The van der Waals surface area contributed by atoms with Gasteiger partial charge in [0.05, 0.1) is 17.4 Å². The molecule has 3 aromatic rings. The first-order valence-electron chi connectivity index (χ1n) is 11.1. The number of aliphatic carboxylic acids is 2. The Bertz CT molecular complexity index is 1400. The van der Waals surface area contributed by atoms with Crippen molar-refractivity contribution in [2.75, 3.05) is 11.4 Å². The van der Waals surface area contributed by atoms with Crippen molar-refractivity contribution < 1.29 is 24.6 Å². The summed E-state index contributed by atoms with van der Waals surface area (Å²) >= 11 is 0. The molecule has 0 saturated heterocycles. The molecule has 1 amide bonds. The molecule has 0 fully saturated rings. The maximum atomic E-state index is 12.7. The number of aryl methyl sites for hydroxylation is 1. The zero-order valence-corrected chi connectivity index (χ0v) is 19.9. The van der Waals surface area contributed by atoms with Gasteiger partial charge in [-0.25, -0.2) is 9.78 Å². The van der Waals surface area contributed by atoms with Crippen LogP contribution < -0.4 is 15.8 Å². The summed E-state index contributed by atoms with van der Waals surface area (Å²) in [7, 11) is 1.67. The lowest BCUT2D eigenvalue weighted by atomic mass is 10.1. The Morgan fingerprint density at radius 1 is 1.17 bits per heavy atom. The van der Waals surface area contributed by atoms with Crippen molar-refractivity contribution in [2.45, 2.75) is 32.4 Å². The molecule has 0 spiro atoms. The number of amides is 1. The number of carboxylic acid groups (broad SMARTS) is 2. The normalized spacial score (nSPS) is 11.5. The van der Waals surface area contributed by atoms with Gasteiger partial charge in [0.2, 0.25) is 0 Å². The summed E-state index contributed by atoms with van der Waals surface area (Å²) in [4.78, 5) is 53.6. The number of aromatic nitrogens is 2. The molecule has 0 aliphatic rings. The van der Waals surface area contributed by atoms with Crippen LogP contribution in [0.5, 0.6) is 0 Å². The van der Waals surface area contributed by atoms with E-state index in [0.29, 0.717) is 23.3 Å². The number of carbonyl (C=O) groups excluding carboxylic acids is 1. The van der Waals surface area contributed by atoms with Gasteiger partial charge < -0.3 is 20.4 Å². The number of rotatable bonds is 10. The lowest BCUT2D eigenvalue weighted by Crippen LogP contribution is -2.41. The summed E-state index contributed by atoms with van der Waals surface area (Å²) in [6.45, 7) is 2.44. The first-order valence-corrected chi connectivity index (χ1v) is 11.1. The Morgan fingerprint density at radius 2 is 1.86 bits per heavy atom. The number of hydrogen-bond acceptors (Lipinski definition) is 6. The summed E-state index contributed by atoms with van der Waals surface area (Å²) in [5.74, 6) is 0.143. The van der Waals surface area contributed by atoms with E-state index in [0.717, 1.165) is 11.3 Å². The van der Waals surface area contributed by atoms with Crippen LogP contribution >= 0.6 is 0 Å². The monoisotopic (exact) mass is 490 g/mol. The summed E-state index contributed by atoms with van der Waals surface area (Å²) in [6, 6.07) is 10.6. The van der Waals surface area contributed by atoms with E-state index in [1.54, 1.807) is 38.2 Å². The van der Waals surface area contributed by atoms with Crippen LogP contribution in [0.1, 0.15) is 34.6 Å². The Balaban J connectivity index is 1.79. The van der Waals surface area contributed by atoms with Crippen molar-refractivity contribution in [1.82, 2.24) is 14.9 Å². The third kappa shape index (κ3) is 6.07. The maximum absolute atomic E-state index is 12.7. The van der Waals surface area contributed by atoms with Crippen molar-refractivity contribution in [2.24, 2.45) is 7.05 Å². The molecule has 0 aliphatic carbocycles. The summed E-state index contributed by atoms with van der Waals surface area (Å²) in [5.41, 5.74) is 2.27. The molecule has 1 unspecified atom stereocenters. The van der Waals surface area contributed by atoms with E-state index in [4.69, 9.17) is 11.5 Å². The topological polar surface area (TPSA) is 142 Å². The van der Waals surface area contributed by atoms with Crippen molar-refractivity contribution in [3.63, 3.8) is 0 Å². The first-order chi connectivity index (χ1) is 17.1. The smallest absolute Gasteiger partial charge is 0.326 e. The van der Waals surface area contributed by atoms with Crippen LogP contribution in [0.15, 0.2) is 47.3 Å². The molecule has 10 heteroatoms. The number of fused-ring (bicyclic) bond motifs is 1. The van der Waals surface area contributed by atoms with Gasteiger partial charge in [0, 0.05) is 31.3 Å². The fourth-order valence-corrected chi connectivity index (χ4v) is 3.69. The highest BCUT2D eigenvalue weighted by molar-refractivity contribution is 5.97. The molecule has 1 aromatic heterocycles. The van der Waals surface area contributed by atoms with Gasteiger partial charge >= 0.3 is 11.9 Å². The standard InChI is InChI=1S/C26H26N4O6/c1-4-13-30(15-17-5-10-21-20(14-17)25(34)29(3)16(2)27-21)19-8-6-18(7-9-19)24(33)28-22(26(35)36)11-12-23(31)32/h1,5-10,14,22H,11-13,15H2,2-3H3,(H,28,33)(H,31,32)(H,35,36). The zero-order chi connectivity index (χ0) is 26.4. The molecule has 10 nitrogen and oxygen atoms in total. The van der Waals surface area contributed by atoms with Crippen LogP contribution in [0, 0.1) is 19.3 Å². The second kappa shape index (κ2) is 11.2. The van der Waals surface area contributed by atoms with Gasteiger partial charge in [0.25, 0.3) is 11.5 Å². The third-order valence-corrected chi connectivity index (χ3v) is 5.76. The number of nitrogens with one attached hydrogen (secondary N) is 1. The zero-order valence-electron chi connectivity index (χ0n) is 19.9. The van der Waals surface area contributed by atoms with Crippen LogP contribution in [0.2, 0.25) is 0 Å². The molecule has 2 aromatic carbocycles. The van der Waals surface area contributed by atoms with E-state index in [-0.39, 0.29) is 30.5 Å². The average Bonchev–Trinajstić information content (AvgIpc) is 2.85. The number of terminal acetylenes is 1. The molecular weight excluding hydrogens is 464 g/mol. The van der Waals surface area contributed by atoms with E-state index in [2.05, 4.69) is 16.2 Å². The van der Waals surface area contributed by atoms with Gasteiger partial charge in [0.1, 0.15) is 11.9 Å². The molecule has 36 heavy (non-hydrogen) atoms. The van der Waals surface area contributed by atoms with Crippen molar-refractivity contribution >= 4 is 34.4 Å². The lowest BCUT2D eigenvalue weighted by molar-refractivity contribution is -0.140. The summed E-state index contributed by atoms with van der Waals surface area (Å²) < 4.78 is 1.49. The highest BCUT2D eigenvalue weighted by atomic mass is 16.4. The Labute approximate surface area is 207 Å². The first kappa shape index (κ1) is 26.0. The van der Waals surface area contributed by atoms with E-state index >= 15 is 0 Å². The fraction of sp³-hybridized carbons (Fsp3) is 0.269. The quantitative estimate of drug-likeness (QED) is 0.366. The molecule has 186 valence electrons. The van der Waals surface area contributed by atoms with Crippen molar-refractivity contribution in [3.05, 3.63) is 69.8 Å². The van der Waals surface area contributed by atoms with Gasteiger partial charge in [-0.15, -0.1) is 6.42 Å². The molecule has 1 atom stereocenters. The molecule has 3 rings (SSSR count). The largest absolute Gasteiger partial charge is 0.481 e. The number of nitrogens with zero attached hydrogens (tertiary/aromatic N) is 3. The molecule has 0 saturated carbocycles. The second-order valence-corrected chi connectivity index (χ2v) is 8.28. The van der Waals surface area contributed by atoms with Gasteiger partial charge in [-0.05, 0) is 55.3 Å². The molecule has 0 radical (unpaired) electrons. The average molecular weight is 491 g/mol. The Morgan fingerprint density at radius 3 is 2.47 bits per heavy atom. The minimum absolute atomic E-state index is 0.138. The van der Waals surface area contributed by atoms with Crippen LogP contribution in [0.3, 0.4) is 0 Å². The number of benzene rings is 2. The number of anilines is 1. The van der Waals surface area contributed by atoms with Gasteiger partial charge in [-0.3, -0.25) is 19.0 Å². The van der Waals surface area contributed by atoms with E-state index in [1.165, 1.54) is 16.7 Å². The Hall–Kier alpha value is -4.65. The number of carboxylic acids is 2. The van der Waals surface area contributed by atoms with Crippen LogP contribution in [-0.4, -0.2) is 50.2 Å². The Kier molecular flexibility index (Phi) is 8.07. The van der Waals surface area contributed by atoms with Gasteiger partial charge in [-0.2, -0.15) is 0 Å². The van der Waals surface area contributed by atoms with E-state index in [1.807, 2.05) is 11.0 Å². The predicted octanol–water partition coefficient (Wildman–Crippen LogP) is 1.93. The predicted molar refractivity (Wildman–Crippen MR) is 134 cm³/mol. The number of carbonyl (C=O) groups is 3. The third-order valence-electron chi connectivity index (χ3n) is 5.76. The second-order valence-electron chi connectivity index (χ2n) is 8.28. The molecule has 3 N–H and O–H groups in total. The molecular formula is C26H26N4O6. The van der Waals surface area contributed by atoms with Crippen LogP contribution in [0.4, 0.5) is 5.69 Å². The minimum Gasteiger partial charge on any atom is -0.481 e. The van der Waals surface area contributed by atoms with Gasteiger partial charge in [0.15, 0.2) is 0 Å². The highest BCUT2D eigenvalue weighted by Gasteiger charge is 2.22. The maximum Gasteiger partial charge on any atom is 0.326 e. The van der Waals surface area contributed by atoms with Crippen LogP contribution in [0.25, 0.3) is 10.9 Å². The van der Waals surface area contributed by atoms with Crippen LogP contribution in [-0.2, 0) is 23.2 Å². The van der Waals surface area contributed by atoms with Crippen molar-refractivity contribution in [3.8, 4) is 12.3 Å². The molecule has 0 bridgehead atoms. The lowest BCUT2D eigenvalue weighted by Gasteiger charge is -2.23.